The lowest BCUT2D eigenvalue weighted by atomic mass is 10.0. The predicted molar refractivity (Wildman–Crippen MR) is 89.7 cm³/mol. The average Bonchev–Trinajstić information content (AvgIpc) is 2.96. The lowest BCUT2D eigenvalue weighted by Crippen LogP contribution is -2.25. The van der Waals surface area contributed by atoms with Crippen LogP contribution in [0.5, 0.6) is 11.5 Å². The number of nitrogens with zero attached hydrogens (tertiary/aromatic N) is 1. The van der Waals surface area contributed by atoms with Crippen LogP contribution in [0.25, 0.3) is 0 Å². The largest absolute Gasteiger partial charge is 0.493 e. The molecule has 4 nitrogen and oxygen atoms in total. The number of halogens is 2. The Hall–Kier alpha value is -2.18. The molecule has 1 N–H and O–H groups in total. The van der Waals surface area contributed by atoms with Crippen molar-refractivity contribution < 1.29 is 23.4 Å². The number of likely N-dealkylation sites (tertiary alicyclic amines) is 1. The van der Waals surface area contributed by atoms with Crippen molar-refractivity contribution in [2.24, 2.45) is 0 Å². The number of rotatable bonds is 5. The molecule has 2 aromatic carbocycles. The lowest BCUT2D eigenvalue weighted by Gasteiger charge is -2.26. The highest BCUT2D eigenvalue weighted by atomic mass is 19.1. The van der Waals surface area contributed by atoms with Gasteiger partial charge in [-0.3, -0.25) is 4.90 Å². The number of β-amino-alcohol motifs (C(OH)–C–C–N with tert-alkyl or cyclic N) is 1. The lowest BCUT2D eigenvalue weighted by molar-refractivity contribution is 0.171. The van der Waals surface area contributed by atoms with E-state index < -0.39 is 23.8 Å². The third-order valence-electron chi connectivity index (χ3n) is 4.56. The number of methoxy groups -OCH3 is 2. The first-order valence-electron chi connectivity index (χ1n) is 8.10. The van der Waals surface area contributed by atoms with E-state index in [-0.39, 0.29) is 5.56 Å². The Morgan fingerprint density at radius 1 is 1.16 bits per heavy atom. The molecule has 6 heteroatoms. The van der Waals surface area contributed by atoms with E-state index >= 15 is 0 Å². The van der Waals surface area contributed by atoms with Crippen LogP contribution in [0.2, 0.25) is 0 Å². The van der Waals surface area contributed by atoms with Crippen molar-refractivity contribution in [3.8, 4) is 11.5 Å². The molecule has 1 saturated heterocycles. The second kappa shape index (κ2) is 7.37. The minimum Gasteiger partial charge on any atom is -0.493 e. The Kier molecular flexibility index (Phi) is 5.20. The summed E-state index contributed by atoms with van der Waals surface area (Å²) in [6, 6.07) is 8.56. The molecule has 3 rings (SSSR count). The second-order valence-corrected chi connectivity index (χ2v) is 6.15. The number of hydrogen-bond donors (Lipinski definition) is 1. The third kappa shape index (κ3) is 3.60. The van der Waals surface area contributed by atoms with Crippen molar-refractivity contribution in [2.75, 3.05) is 20.8 Å². The van der Waals surface area contributed by atoms with Gasteiger partial charge in [0.05, 0.1) is 20.3 Å². The van der Waals surface area contributed by atoms with Crippen LogP contribution >= 0.6 is 0 Å². The molecular weight excluding hydrogens is 328 g/mol. The van der Waals surface area contributed by atoms with Gasteiger partial charge in [-0.15, -0.1) is 0 Å². The maximum absolute atomic E-state index is 14.2. The summed E-state index contributed by atoms with van der Waals surface area (Å²) in [5.74, 6) is 0.248. The molecule has 2 atom stereocenters. The molecule has 1 aliphatic rings. The van der Waals surface area contributed by atoms with Gasteiger partial charge in [-0.05, 0) is 30.7 Å². The Bertz CT molecular complexity index is 753. The molecule has 25 heavy (non-hydrogen) atoms. The summed E-state index contributed by atoms with van der Waals surface area (Å²) >= 11 is 0. The summed E-state index contributed by atoms with van der Waals surface area (Å²) in [4.78, 5) is 1.93. The molecule has 0 saturated carbocycles. The molecule has 0 spiro atoms. The van der Waals surface area contributed by atoms with E-state index in [4.69, 9.17) is 9.47 Å². The van der Waals surface area contributed by atoms with Gasteiger partial charge in [0.25, 0.3) is 0 Å². The Balaban J connectivity index is 1.92. The molecular formula is C19H21F2NO3. The Morgan fingerprint density at radius 2 is 1.96 bits per heavy atom. The highest BCUT2D eigenvalue weighted by Gasteiger charge is 2.34. The molecule has 0 radical (unpaired) electrons. The zero-order valence-electron chi connectivity index (χ0n) is 14.2. The second-order valence-electron chi connectivity index (χ2n) is 6.15. The first-order valence-corrected chi connectivity index (χ1v) is 8.10. The summed E-state index contributed by atoms with van der Waals surface area (Å²) in [7, 11) is 3.12. The molecule has 0 amide bonds. The molecule has 1 aliphatic heterocycles. The fourth-order valence-corrected chi connectivity index (χ4v) is 3.44. The summed E-state index contributed by atoms with van der Waals surface area (Å²) in [5, 5.41) is 10.1. The molecule has 134 valence electrons. The van der Waals surface area contributed by atoms with Crippen LogP contribution in [-0.4, -0.2) is 36.9 Å². The van der Waals surface area contributed by atoms with Crippen molar-refractivity contribution in [3.05, 3.63) is 59.2 Å². The van der Waals surface area contributed by atoms with Crippen LogP contribution in [0, 0.1) is 11.6 Å². The number of para-hydroxylation sites is 1. The number of benzene rings is 2. The maximum Gasteiger partial charge on any atom is 0.165 e. The molecule has 0 aliphatic carbocycles. The van der Waals surface area contributed by atoms with Crippen LogP contribution < -0.4 is 9.47 Å². The van der Waals surface area contributed by atoms with Gasteiger partial charge in [0.15, 0.2) is 11.5 Å². The Morgan fingerprint density at radius 3 is 2.68 bits per heavy atom. The SMILES string of the molecule is COc1cccc(CN2CC(O)CC2c2cc(F)ccc2F)c1OC. The fourth-order valence-electron chi connectivity index (χ4n) is 3.44. The molecule has 0 aromatic heterocycles. The van der Waals surface area contributed by atoms with Crippen molar-refractivity contribution in [3.63, 3.8) is 0 Å². The molecule has 1 heterocycles. The first-order chi connectivity index (χ1) is 12.0. The van der Waals surface area contributed by atoms with E-state index in [9.17, 15) is 13.9 Å². The number of aliphatic hydroxyl groups excluding tert-OH is 1. The van der Waals surface area contributed by atoms with Gasteiger partial charge in [0.2, 0.25) is 0 Å². The van der Waals surface area contributed by atoms with Gasteiger partial charge >= 0.3 is 0 Å². The number of ether oxygens (including phenoxy) is 2. The maximum atomic E-state index is 14.2. The minimum absolute atomic E-state index is 0.262. The summed E-state index contributed by atoms with van der Waals surface area (Å²) in [6.07, 6.45) is -0.239. The monoisotopic (exact) mass is 349 g/mol. The van der Waals surface area contributed by atoms with Crippen LogP contribution in [0.4, 0.5) is 8.78 Å². The van der Waals surface area contributed by atoms with Crippen molar-refractivity contribution in [1.82, 2.24) is 4.90 Å². The minimum atomic E-state index is -0.593. The van der Waals surface area contributed by atoms with Gasteiger partial charge in [0, 0.05) is 30.3 Å². The third-order valence-corrected chi connectivity index (χ3v) is 4.56. The van der Waals surface area contributed by atoms with Crippen LogP contribution in [0.1, 0.15) is 23.6 Å². The highest BCUT2D eigenvalue weighted by Crippen LogP contribution is 2.38. The van der Waals surface area contributed by atoms with Crippen molar-refractivity contribution in [1.29, 1.82) is 0 Å². The van der Waals surface area contributed by atoms with E-state index in [2.05, 4.69) is 0 Å². The van der Waals surface area contributed by atoms with E-state index in [1.807, 2.05) is 17.0 Å². The average molecular weight is 349 g/mol. The van der Waals surface area contributed by atoms with E-state index in [1.54, 1.807) is 20.3 Å². The fraction of sp³-hybridized carbons (Fsp3) is 0.368. The van der Waals surface area contributed by atoms with E-state index in [0.29, 0.717) is 31.0 Å². The molecule has 1 fully saturated rings. The van der Waals surface area contributed by atoms with Crippen LogP contribution in [-0.2, 0) is 6.54 Å². The van der Waals surface area contributed by atoms with Gasteiger partial charge in [-0.1, -0.05) is 12.1 Å². The molecule has 2 unspecified atom stereocenters. The number of hydrogen-bond acceptors (Lipinski definition) is 4. The summed E-state index contributed by atoms with van der Waals surface area (Å²) < 4.78 is 38.5. The highest BCUT2D eigenvalue weighted by molar-refractivity contribution is 5.46. The van der Waals surface area contributed by atoms with Crippen LogP contribution in [0.15, 0.2) is 36.4 Å². The van der Waals surface area contributed by atoms with Gasteiger partial charge < -0.3 is 14.6 Å². The normalized spacial score (nSPS) is 20.7. The van der Waals surface area contributed by atoms with Gasteiger partial charge in [-0.25, -0.2) is 8.78 Å². The van der Waals surface area contributed by atoms with Crippen molar-refractivity contribution >= 4 is 0 Å². The quantitative estimate of drug-likeness (QED) is 0.899. The van der Waals surface area contributed by atoms with Crippen molar-refractivity contribution in [2.45, 2.75) is 25.1 Å². The summed E-state index contributed by atoms with van der Waals surface area (Å²) in [6.45, 7) is 0.805. The van der Waals surface area contributed by atoms with E-state index in [0.717, 1.165) is 17.7 Å². The van der Waals surface area contributed by atoms with Crippen LogP contribution in [0.3, 0.4) is 0 Å². The topological polar surface area (TPSA) is 41.9 Å². The number of aliphatic hydroxyl groups is 1. The zero-order chi connectivity index (χ0) is 18.0. The molecule has 0 bridgehead atoms. The smallest absolute Gasteiger partial charge is 0.165 e. The van der Waals surface area contributed by atoms with E-state index in [1.165, 1.54) is 6.07 Å². The zero-order valence-corrected chi connectivity index (χ0v) is 14.2. The van der Waals surface area contributed by atoms with Gasteiger partial charge in [-0.2, -0.15) is 0 Å². The first kappa shape index (κ1) is 17.6. The predicted octanol–water partition coefficient (Wildman–Crippen LogP) is 3.29. The van der Waals surface area contributed by atoms with Gasteiger partial charge in [0.1, 0.15) is 11.6 Å². The molecule has 2 aromatic rings. The Labute approximate surface area is 145 Å². The standard InChI is InChI=1S/C19H21F2NO3/c1-24-18-5-3-4-12(19(18)25-2)10-22-11-14(23)9-17(22)15-8-13(20)6-7-16(15)21/h3-8,14,17,23H,9-11H2,1-2H3. The summed E-state index contributed by atoms with van der Waals surface area (Å²) in [5.41, 5.74) is 1.12.